The minimum absolute atomic E-state index is 0.0605. The van der Waals surface area contributed by atoms with Gasteiger partial charge >= 0.3 is 0 Å². The Morgan fingerprint density at radius 1 is 1.44 bits per heavy atom. The summed E-state index contributed by atoms with van der Waals surface area (Å²) in [5.74, 6) is 0.791. The number of nitrogens with one attached hydrogen (secondary N) is 1. The topological polar surface area (TPSA) is 42.0 Å². The Kier molecular flexibility index (Phi) is 4.63. The molecule has 0 saturated carbocycles. The number of anilines is 1. The lowest BCUT2D eigenvalue weighted by atomic mass is 10.3. The molecule has 0 saturated heterocycles. The van der Waals surface area contributed by atoms with Crippen molar-refractivity contribution in [3.63, 3.8) is 0 Å². The molecule has 2 aromatic rings. The molecule has 0 fully saturated rings. The van der Waals surface area contributed by atoms with E-state index in [1.165, 1.54) is 18.3 Å². The molecule has 1 amide bonds. The number of thiazole rings is 1. The van der Waals surface area contributed by atoms with Gasteiger partial charge in [0.25, 0.3) is 0 Å². The highest BCUT2D eigenvalue weighted by Gasteiger charge is 2.01. The number of nitrogens with zero attached hydrogens (tertiary/aromatic N) is 1. The summed E-state index contributed by atoms with van der Waals surface area (Å²) in [5, 5.41) is 2.74. The van der Waals surface area contributed by atoms with Gasteiger partial charge in [-0.2, -0.15) is 0 Å². The zero-order chi connectivity index (χ0) is 13.0. The maximum Gasteiger partial charge on any atom is 0.221 e. The first-order valence-corrected chi connectivity index (χ1v) is 7.42. The highest BCUT2D eigenvalue weighted by Crippen LogP contribution is 2.27. The Morgan fingerprint density at radius 2 is 2.17 bits per heavy atom. The lowest BCUT2D eigenvalue weighted by Gasteiger charge is -2.03. The Bertz CT molecular complexity index is 539. The van der Waals surface area contributed by atoms with Crippen LogP contribution in [0.3, 0.4) is 0 Å². The van der Waals surface area contributed by atoms with Crippen molar-refractivity contribution in [1.82, 2.24) is 4.98 Å². The van der Waals surface area contributed by atoms with Crippen LogP contribution in [0.2, 0.25) is 4.47 Å². The molecule has 3 nitrogen and oxygen atoms in total. The number of hydrogen-bond acceptors (Lipinski definition) is 4. The normalized spacial score (nSPS) is 10.3. The minimum Gasteiger partial charge on any atom is -0.326 e. The summed E-state index contributed by atoms with van der Waals surface area (Å²) >= 11 is 8.98. The molecule has 6 heteroatoms. The maximum absolute atomic E-state index is 10.9. The summed E-state index contributed by atoms with van der Waals surface area (Å²) in [6.45, 7) is 1.50. The summed E-state index contributed by atoms with van der Waals surface area (Å²) in [6.07, 6.45) is 1.80. The molecule has 0 spiro atoms. The molecule has 0 bridgehead atoms. The highest BCUT2D eigenvalue weighted by molar-refractivity contribution is 7.98. The van der Waals surface area contributed by atoms with Gasteiger partial charge in [-0.25, -0.2) is 4.98 Å². The zero-order valence-corrected chi connectivity index (χ0v) is 12.0. The third-order valence-corrected chi connectivity index (χ3v) is 4.44. The number of aromatic nitrogens is 1. The van der Waals surface area contributed by atoms with Gasteiger partial charge in [-0.05, 0) is 24.3 Å². The van der Waals surface area contributed by atoms with E-state index in [9.17, 15) is 4.79 Å². The highest BCUT2D eigenvalue weighted by atomic mass is 35.5. The molecule has 0 aliphatic heterocycles. The van der Waals surface area contributed by atoms with Crippen LogP contribution in [-0.2, 0) is 10.5 Å². The third kappa shape index (κ3) is 4.01. The van der Waals surface area contributed by atoms with E-state index in [4.69, 9.17) is 11.6 Å². The fraction of sp³-hybridized carbons (Fsp3) is 0.167. The van der Waals surface area contributed by atoms with Gasteiger partial charge in [-0.15, -0.1) is 23.1 Å². The molecule has 1 N–H and O–H groups in total. The monoisotopic (exact) mass is 298 g/mol. The number of amides is 1. The average Bonchev–Trinajstić information content (AvgIpc) is 2.74. The van der Waals surface area contributed by atoms with Crippen LogP contribution in [0.4, 0.5) is 5.69 Å². The molecule has 0 radical (unpaired) electrons. The second-order valence-electron chi connectivity index (χ2n) is 3.57. The first-order chi connectivity index (χ1) is 8.63. The largest absolute Gasteiger partial charge is 0.326 e. The molecule has 18 heavy (non-hydrogen) atoms. The predicted molar refractivity (Wildman–Crippen MR) is 77.4 cm³/mol. The molecular weight excluding hydrogens is 288 g/mol. The summed E-state index contributed by atoms with van der Waals surface area (Å²) in [7, 11) is 0. The smallest absolute Gasteiger partial charge is 0.221 e. The van der Waals surface area contributed by atoms with Gasteiger partial charge in [0, 0.05) is 34.3 Å². The molecule has 0 atom stereocenters. The van der Waals surface area contributed by atoms with Crippen molar-refractivity contribution >= 4 is 46.3 Å². The van der Waals surface area contributed by atoms with Crippen LogP contribution in [0.15, 0.2) is 35.4 Å². The van der Waals surface area contributed by atoms with Crippen LogP contribution in [0.5, 0.6) is 0 Å². The summed E-state index contributed by atoms with van der Waals surface area (Å²) in [5.41, 5.74) is 0.813. The summed E-state index contributed by atoms with van der Waals surface area (Å²) in [4.78, 5) is 17.2. The summed E-state index contributed by atoms with van der Waals surface area (Å²) < 4.78 is 0.576. The van der Waals surface area contributed by atoms with Gasteiger partial charge in [0.1, 0.15) is 0 Å². The number of hydrogen-bond donors (Lipinski definition) is 1. The van der Waals surface area contributed by atoms with Gasteiger partial charge in [-0.1, -0.05) is 11.6 Å². The van der Waals surface area contributed by atoms with Gasteiger partial charge < -0.3 is 5.32 Å². The van der Waals surface area contributed by atoms with E-state index in [2.05, 4.69) is 10.3 Å². The van der Waals surface area contributed by atoms with Crippen LogP contribution in [0.1, 0.15) is 11.8 Å². The number of benzene rings is 1. The third-order valence-electron chi connectivity index (χ3n) is 2.08. The van der Waals surface area contributed by atoms with Crippen molar-refractivity contribution in [1.29, 1.82) is 0 Å². The Balaban J connectivity index is 1.92. The zero-order valence-electron chi connectivity index (χ0n) is 9.64. The molecule has 1 aromatic heterocycles. The molecule has 1 heterocycles. The van der Waals surface area contributed by atoms with E-state index >= 15 is 0 Å². The minimum atomic E-state index is -0.0605. The average molecular weight is 299 g/mol. The molecule has 2 rings (SSSR count). The van der Waals surface area contributed by atoms with Gasteiger partial charge in [0.2, 0.25) is 5.91 Å². The van der Waals surface area contributed by atoms with E-state index < -0.39 is 0 Å². The van der Waals surface area contributed by atoms with Crippen molar-refractivity contribution in [3.05, 3.63) is 39.8 Å². The Hall–Kier alpha value is -1.04. The van der Waals surface area contributed by atoms with E-state index in [1.54, 1.807) is 18.0 Å². The van der Waals surface area contributed by atoms with Crippen LogP contribution in [-0.4, -0.2) is 10.9 Å². The van der Waals surface area contributed by atoms with E-state index in [0.717, 1.165) is 21.2 Å². The van der Waals surface area contributed by atoms with Crippen molar-refractivity contribution in [3.8, 4) is 0 Å². The van der Waals surface area contributed by atoms with Gasteiger partial charge in [0.05, 0.1) is 0 Å². The van der Waals surface area contributed by atoms with Gasteiger partial charge in [0.15, 0.2) is 4.47 Å². The SMILES string of the molecule is CC(=O)Nc1ccc(SCc2cnc(Cl)s2)cc1. The number of rotatable bonds is 4. The molecular formula is C12H11ClN2OS2. The maximum atomic E-state index is 10.9. The lowest BCUT2D eigenvalue weighted by molar-refractivity contribution is -0.114. The van der Waals surface area contributed by atoms with Gasteiger partial charge in [-0.3, -0.25) is 4.79 Å². The first kappa shape index (κ1) is 13.4. The number of carbonyl (C=O) groups is 1. The number of thioether (sulfide) groups is 1. The van der Waals surface area contributed by atoms with E-state index in [0.29, 0.717) is 4.47 Å². The van der Waals surface area contributed by atoms with E-state index in [-0.39, 0.29) is 5.91 Å². The second kappa shape index (κ2) is 6.22. The molecule has 1 aromatic carbocycles. The van der Waals surface area contributed by atoms with Crippen LogP contribution in [0.25, 0.3) is 0 Å². The van der Waals surface area contributed by atoms with Crippen LogP contribution in [0, 0.1) is 0 Å². The Morgan fingerprint density at radius 3 is 2.72 bits per heavy atom. The molecule has 0 unspecified atom stereocenters. The second-order valence-corrected chi connectivity index (χ2v) is 6.32. The predicted octanol–water partition coefficient (Wildman–Crippen LogP) is 4.05. The molecule has 0 aliphatic rings. The molecule has 0 aliphatic carbocycles. The first-order valence-electron chi connectivity index (χ1n) is 5.24. The number of halogens is 1. The van der Waals surface area contributed by atoms with Crippen LogP contribution >= 0.6 is 34.7 Å². The summed E-state index contributed by atoms with van der Waals surface area (Å²) in [6, 6.07) is 7.75. The van der Waals surface area contributed by atoms with Crippen molar-refractivity contribution in [2.45, 2.75) is 17.6 Å². The Labute approximate surface area is 119 Å². The fourth-order valence-electron chi connectivity index (χ4n) is 1.34. The fourth-order valence-corrected chi connectivity index (χ4v) is 3.24. The van der Waals surface area contributed by atoms with Crippen molar-refractivity contribution < 1.29 is 4.79 Å². The lowest BCUT2D eigenvalue weighted by Crippen LogP contribution is -2.05. The molecule has 94 valence electrons. The van der Waals surface area contributed by atoms with Crippen LogP contribution < -0.4 is 5.32 Å². The van der Waals surface area contributed by atoms with E-state index in [1.807, 2.05) is 24.3 Å². The standard InChI is InChI=1S/C12H11ClN2OS2/c1-8(16)15-9-2-4-10(5-3-9)17-7-11-6-14-12(13)18-11/h2-6H,7H2,1H3,(H,15,16). The quantitative estimate of drug-likeness (QED) is 0.866. The number of carbonyl (C=O) groups excluding carboxylic acids is 1. The van der Waals surface area contributed by atoms with Crippen molar-refractivity contribution in [2.24, 2.45) is 0 Å². The van der Waals surface area contributed by atoms with Crippen molar-refractivity contribution in [2.75, 3.05) is 5.32 Å².